The number of hydrogen-bond acceptors (Lipinski definition) is 3. The molecule has 0 spiro atoms. The Hall–Kier alpha value is -8.88. The summed E-state index contributed by atoms with van der Waals surface area (Å²) in [5, 5.41) is 13.1. The van der Waals surface area contributed by atoms with Gasteiger partial charge in [0.25, 0.3) is 0 Å². The van der Waals surface area contributed by atoms with E-state index >= 15 is 17.6 Å². The minimum atomic E-state index is -4.88. The highest BCUT2D eigenvalue weighted by atomic mass is 19.4. The molecule has 0 aliphatic heterocycles. The van der Waals surface area contributed by atoms with E-state index in [0.717, 1.165) is 48.5 Å². The van der Waals surface area contributed by atoms with E-state index in [0.29, 0.717) is 44.5 Å². The lowest BCUT2D eigenvalue weighted by Gasteiger charge is -2.30. The lowest BCUT2D eigenvalue weighted by Crippen LogP contribution is -2.14. The van der Waals surface area contributed by atoms with Crippen LogP contribution in [0, 0.1) is 41.2 Å². The lowest BCUT2D eigenvalue weighted by molar-refractivity contribution is -0.137. The van der Waals surface area contributed by atoms with E-state index in [2.05, 4.69) is 4.85 Å². The summed E-state index contributed by atoms with van der Waals surface area (Å²) < 4.78 is 151. The summed E-state index contributed by atoms with van der Waals surface area (Å²) in [6.07, 6.45) is -9.76. The van der Waals surface area contributed by atoms with Gasteiger partial charge >= 0.3 is 12.4 Å². The minimum Gasteiger partial charge on any atom is -0.307 e. The predicted molar refractivity (Wildman–Crippen MR) is 251 cm³/mol. The van der Waals surface area contributed by atoms with Gasteiger partial charge in [0, 0.05) is 45.4 Å². The second-order valence-electron chi connectivity index (χ2n) is 16.2. The molecular weight excluding hydrogens is 919 g/mol. The summed E-state index contributed by atoms with van der Waals surface area (Å²) in [5.41, 5.74) is -3.87. The first-order chi connectivity index (χ1) is 33.5. The standard InChI is InChI=1S/C56H28F10N4/c1-68-34-16-20-36(21-17-34)70(52-29-46(58)42(27-48(52)60)38-7-3-5-9-44(38)56(64,65)66)50-25-15-33-12-22-39-49(24-14-32-13-23-40(50)54(33)53(32)39)69(35-18-10-31(30-67)11-19-35)51-28-45(57)41(26-47(51)59)37-6-2-4-8-43(37)55(61,62)63/h2-29H. The van der Waals surface area contributed by atoms with Crippen LogP contribution in [0.5, 0.6) is 0 Å². The predicted octanol–water partition coefficient (Wildman–Crippen LogP) is 17.9. The number of hydrogen-bond donors (Lipinski definition) is 0. The number of alkyl halides is 6. The Morgan fingerprint density at radius 3 is 1.23 bits per heavy atom. The van der Waals surface area contributed by atoms with E-state index in [-0.39, 0.29) is 45.4 Å². The fraction of sp³-hybridized carbons (Fsp3) is 0.0357. The molecule has 0 aliphatic rings. The first kappa shape index (κ1) is 44.9. The van der Waals surface area contributed by atoms with Gasteiger partial charge < -0.3 is 9.80 Å². The molecule has 0 fully saturated rings. The molecule has 0 amide bonds. The van der Waals surface area contributed by atoms with Crippen molar-refractivity contribution in [2.24, 2.45) is 0 Å². The van der Waals surface area contributed by atoms with Gasteiger partial charge in [0.15, 0.2) is 5.69 Å². The second kappa shape index (κ2) is 17.0. The van der Waals surface area contributed by atoms with Gasteiger partial charge in [0.05, 0.1) is 52.1 Å². The summed E-state index contributed by atoms with van der Waals surface area (Å²) >= 11 is 0. The zero-order valence-corrected chi connectivity index (χ0v) is 35.7. The van der Waals surface area contributed by atoms with E-state index in [1.807, 2.05) is 6.07 Å². The quantitative estimate of drug-likeness (QED) is 0.0865. The third kappa shape index (κ3) is 7.69. The van der Waals surface area contributed by atoms with Crippen LogP contribution < -0.4 is 9.80 Å². The maximum Gasteiger partial charge on any atom is 0.417 e. The Labute approximate surface area is 391 Å². The van der Waals surface area contributed by atoms with Crippen molar-refractivity contribution in [3.05, 3.63) is 221 Å². The van der Waals surface area contributed by atoms with Crippen molar-refractivity contribution in [3.63, 3.8) is 0 Å². The van der Waals surface area contributed by atoms with Crippen molar-refractivity contribution < 1.29 is 43.9 Å². The summed E-state index contributed by atoms with van der Waals surface area (Å²) in [7, 11) is 0. The van der Waals surface area contributed by atoms with Crippen molar-refractivity contribution in [1.29, 1.82) is 5.26 Å². The third-order valence-corrected chi connectivity index (χ3v) is 12.2. The maximum absolute atomic E-state index is 16.8. The molecule has 4 nitrogen and oxygen atoms in total. The van der Waals surface area contributed by atoms with E-state index < -0.39 is 69.0 Å². The maximum atomic E-state index is 16.8. The van der Waals surface area contributed by atoms with Crippen molar-refractivity contribution in [1.82, 2.24) is 0 Å². The summed E-state index contributed by atoms with van der Waals surface area (Å²) in [4.78, 5) is 6.21. The van der Waals surface area contributed by atoms with Gasteiger partial charge in [-0.05, 0) is 105 Å². The molecule has 0 heterocycles. The number of benzene rings is 10. The van der Waals surface area contributed by atoms with Crippen molar-refractivity contribution in [2.75, 3.05) is 9.80 Å². The molecule has 0 aromatic heterocycles. The Balaban J connectivity index is 1.19. The van der Waals surface area contributed by atoms with Crippen LogP contribution in [0.1, 0.15) is 16.7 Å². The second-order valence-corrected chi connectivity index (χ2v) is 16.2. The topological polar surface area (TPSA) is 34.6 Å². The Kier molecular flexibility index (Phi) is 10.9. The molecule has 0 radical (unpaired) electrons. The van der Waals surface area contributed by atoms with Crippen LogP contribution in [-0.4, -0.2) is 0 Å². The molecule has 0 aliphatic carbocycles. The Morgan fingerprint density at radius 1 is 0.429 bits per heavy atom. The van der Waals surface area contributed by atoms with Crippen LogP contribution in [0.3, 0.4) is 0 Å². The molecule has 0 bridgehead atoms. The Morgan fingerprint density at radius 2 is 0.829 bits per heavy atom. The van der Waals surface area contributed by atoms with E-state index in [9.17, 15) is 31.6 Å². The highest BCUT2D eigenvalue weighted by Crippen LogP contribution is 2.50. The minimum absolute atomic E-state index is 0.237. The first-order valence-electron chi connectivity index (χ1n) is 21.2. The highest BCUT2D eigenvalue weighted by molar-refractivity contribution is 6.28. The van der Waals surface area contributed by atoms with Crippen molar-refractivity contribution >= 4 is 72.1 Å². The highest BCUT2D eigenvalue weighted by Gasteiger charge is 2.36. The van der Waals surface area contributed by atoms with E-state index in [1.54, 1.807) is 48.5 Å². The van der Waals surface area contributed by atoms with Gasteiger partial charge in [-0.15, -0.1) is 0 Å². The van der Waals surface area contributed by atoms with Crippen molar-refractivity contribution in [2.45, 2.75) is 12.4 Å². The summed E-state index contributed by atoms with van der Waals surface area (Å²) in [6, 6.07) is 39.3. The lowest BCUT2D eigenvalue weighted by atomic mass is 9.91. The third-order valence-electron chi connectivity index (χ3n) is 12.2. The van der Waals surface area contributed by atoms with Gasteiger partial charge in [-0.1, -0.05) is 84.9 Å². The summed E-state index contributed by atoms with van der Waals surface area (Å²) in [6.45, 7) is 7.51. The van der Waals surface area contributed by atoms with Crippen LogP contribution in [0.2, 0.25) is 0 Å². The molecule has 10 aromatic rings. The first-order valence-corrected chi connectivity index (χ1v) is 21.2. The van der Waals surface area contributed by atoms with Crippen LogP contribution >= 0.6 is 0 Å². The van der Waals surface area contributed by atoms with E-state index in [1.165, 1.54) is 70.5 Å². The normalized spacial score (nSPS) is 11.8. The number of rotatable bonds is 8. The molecule has 0 unspecified atom stereocenters. The molecule has 0 saturated carbocycles. The number of nitrogens with zero attached hydrogens (tertiary/aromatic N) is 4. The van der Waals surface area contributed by atoms with Gasteiger partial charge in [0.1, 0.15) is 23.3 Å². The smallest absolute Gasteiger partial charge is 0.307 e. The van der Waals surface area contributed by atoms with Crippen LogP contribution in [0.25, 0.3) is 59.4 Å². The van der Waals surface area contributed by atoms with Crippen LogP contribution in [0.15, 0.2) is 170 Å². The zero-order chi connectivity index (χ0) is 49.2. The van der Waals surface area contributed by atoms with Gasteiger partial charge in [-0.25, -0.2) is 22.4 Å². The van der Waals surface area contributed by atoms with Crippen LogP contribution in [-0.2, 0) is 12.4 Å². The monoisotopic (exact) mass is 946 g/mol. The van der Waals surface area contributed by atoms with Gasteiger partial charge in [0.2, 0.25) is 0 Å². The number of halogens is 10. The fourth-order valence-electron chi connectivity index (χ4n) is 9.10. The molecule has 342 valence electrons. The average Bonchev–Trinajstić information content (AvgIpc) is 3.35. The van der Waals surface area contributed by atoms with Crippen LogP contribution in [0.4, 0.5) is 83.7 Å². The van der Waals surface area contributed by atoms with Gasteiger partial charge in [-0.2, -0.15) is 31.6 Å². The number of anilines is 6. The Bertz CT molecular complexity index is 3530. The summed E-state index contributed by atoms with van der Waals surface area (Å²) in [5.74, 6) is -4.45. The molecule has 70 heavy (non-hydrogen) atoms. The fourth-order valence-corrected chi connectivity index (χ4v) is 9.10. The molecule has 0 saturated heterocycles. The van der Waals surface area contributed by atoms with Gasteiger partial charge in [-0.3, -0.25) is 0 Å². The molecule has 0 N–H and O–H groups in total. The largest absolute Gasteiger partial charge is 0.417 e. The van der Waals surface area contributed by atoms with E-state index in [4.69, 9.17) is 6.57 Å². The zero-order valence-electron chi connectivity index (χ0n) is 35.7. The average molecular weight is 947 g/mol. The van der Waals surface area contributed by atoms with Crippen molar-refractivity contribution in [3.8, 4) is 28.3 Å². The number of nitriles is 1. The molecule has 10 aromatic carbocycles. The molecule has 14 heteroatoms. The SMILES string of the molecule is [C-]#[N+]c1ccc(N(c2cc(F)c(-c3ccccc3C(F)(F)F)cc2F)c2ccc3ccc4c(N(c5ccc(C#N)cc5)c5cc(F)c(-c6ccccc6C(F)(F)F)cc5F)ccc5ccc2c3c54)cc1. The molecule has 10 rings (SSSR count). The molecular formula is C56H28F10N4. The molecule has 0 atom stereocenters.